The maximum absolute atomic E-state index is 11.1. The molecule has 9 heteroatoms. The first-order valence-corrected chi connectivity index (χ1v) is 6.39. The molecule has 1 aromatic heterocycles. The van der Waals surface area contributed by atoms with Crippen LogP contribution in [0.4, 0.5) is 5.69 Å². The summed E-state index contributed by atoms with van der Waals surface area (Å²) < 4.78 is 10.5. The molecule has 0 unspecified atom stereocenters. The summed E-state index contributed by atoms with van der Waals surface area (Å²) in [7, 11) is 1.39. The predicted octanol–water partition coefficient (Wildman–Crippen LogP) is 2.86. The number of nitro benzene ring substituents is 1. The summed E-state index contributed by atoms with van der Waals surface area (Å²) >= 11 is 3.15. The van der Waals surface area contributed by atoms with Gasteiger partial charge >= 0.3 is 5.97 Å². The van der Waals surface area contributed by atoms with E-state index < -0.39 is 10.9 Å². The predicted molar refractivity (Wildman–Crippen MR) is 74.0 cm³/mol. The number of rotatable bonds is 5. The SMILES string of the molecule is COCc1nc(-c2cc(Br)cc([N+](=O)[O-])c2)oc1C(=O)O. The minimum Gasteiger partial charge on any atom is -0.475 e. The monoisotopic (exact) mass is 356 g/mol. The van der Waals surface area contributed by atoms with Gasteiger partial charge in [0.25, 0.3) is 5.69 Å². The molecule has 0 atom stereocenters. The highest BCUT2D eigenvalue weighted by atomic mass is 79.9. The zero-order valence-electron chi connectivity index (χ0n) is 10.7. The molecule has 0 bridgehead atoms. The number of oxazole rings is 1. The Morgan fingerprint density at radius 3 is 2.81 bits per heavy atom. The zero-order valence-corrected chi connectivity index (χ0v) is 12.3. The Bertz CT molecular complexity index is 712. The molecule has 8 nitrogen and oxygen atoms in total. The minimum absolute atomic E-state index is 0.0242. The molecule has 1 aromatic carbocycles. The lowest BCUT2D eigenvalue weighted by atomic mass is 10.2. The van der Waals surface area contributed by atoms with Crippen LogP contribution >= 0.6 is 15.9 Å². The van der Waals surface area contributed by atoms with Crippen molar-refractivity contribution >= 4 is 27.6 Å². The number of hydrogen-bond donors (Lipinski definition) is 1. The van der Waals surface area contributed by atoms with E-state index in [2.05, 4.69) is 20.9 Å². The van der Waals surface area contributed by atoms with Crippen LogP contribution in [0.15, 0.2) is 27.1 Å². The molecule has 0 radical (unpaired) electrons. The van der Waals surface area contributed by atoms with Crippen molar-refractivity contribution in [2.75, 3.05) is 7.11 Å². The first-order chi connectivity index (χ1) is 9.92. The van der Waals surface area contributed by atoms with Crippen molar-refractivity contribution < 1.29 is 24.0 Å². The van der Waals surface area contributed by atoms with Gasteiger partial charge in [-0.25, -0.2) is 9.78 Å². The Hall–Kier alpha value is -2.26. The highest BCUT2D eigenvalue weighted by Crippen LogP contribution is 2.29. The molecule has 1 N–H and O–H groups in total. The highest BCUT2D eigenvalue weighted by Gasteiger charge is 2.21. The summed E-state index contributed by atoms with van der Waals surface area (Å²) in [6.45, 7) is -0.0404. The van der Waals surface area contributed by atoms with Crippen LogP contribution in [-0.2, 0) is 11.3 Å². The Morgan fingerprint density at radius 1 is 1.52 bits per heavy atom. The number of carboxylic acids is 1. The molecule has 0 saturated carbocycles. The van der Waals surface area contributed by atoms with Crippen LogP contribution in [0.1, 0.15) is 16.2 Å². The highest BCUT2D eigenvalue weighted by molar-refractivity contribution is 9.10. The summed E-state index contributed by atoms with van der Waals surface area (Å²) in [6.07, 6.45) is 0. The normalized spacial score (nSPS) is 10.6. The van der Waals surface area contributed by atoms with Gasteiger partial charge in [-0.15, -0.1) is 0 Å². The number of carboxylic acid groups (broad SMARTS) is 1. The first kappa shape index (κ1) is 15.1. The van der Waals surface area contributed by atoms with Gasteiger partial charge in [0.1, 0.15) is 5.69 Å². The molecule has 0 amide bonds. The minimum atomic E-state index is -1.29. The molecule has 0 spiro atoms. The van der Waals surface area contributed by atoms with Crippen molar-refractivity contribution in [1.29, 1.82) is 0 Å². The molecular weight excluding hydrogens is 348 g/mol. The smallest absolute Gasteiger partial charge is 0.373 e. The quantitative estimate of drug-likeness (QED) is 0.646. The molecule has 110 valence electrons. The van der Waals surface area contributed by atoms with E-state index in [-0.39, 0.29) is 29.6 Å². The van der Waals surface area contributed by atoms with Gasteiger partial charge in [0, 0.05) is 29.3 Å². The zero-order chi connectivity index (χ0) is 15.6. The van der Waals surface area contributed by atoms with Crippen LogP contribution in [0.25, 0.3) is 11.5 Å². The van der Waals surface area contributed by atoms with Crippen molar-refractivity contribution in [2.45, 2.75) is 6.61 Å². The van der Waals surface area contributed by atoms with Gasteiger partial charge < -0.3 is 14.3 Å². The second-order valence-corrected chi connectivity index (χ2v) is 4.90. The number of methoxy groups -OCH3 is 1. The van der Waals surface area contributed by atoms with E-state index >= 15 is 0 Å². The van der Waals surface area contributed by atoms with Gasteiger partial charge in [0.15, 0.2) is 0 Å². The Morgan fingerprint density at radius 2 is 2.24 bits per heavy atom. The third-order valence-electron chi connectivity index (χ3n) is 2.51. The number of hydrogen-bond acceptors (Lipinski definition) is 6. The lowest BCUT2D eigenvalue weighted by molar-refractivity contribution is -0.384. The molecular formula is C12H9BrN2O6. The Balaban J connectivity index is 2.54. The van der Waals surface area contributed by atoms with E-state index in [1.54, 1.807) is 6.07 Å². The van der Waals surface area contributed by atoms with E-state index in [0.29, 0.717) is 10.0 Å². The lowest BCUT2D eigenvalue weighted by Gasteiger charge is -1.98. The van der Waals surface area contributed by atoms with Crippen LogP contribution in [0, 0.1) is 10.1 Å². The second kappa shape index (κ2) is 6.02. The maximum Gasteiger partial charge on any atom is 0.373 e. The Kier molecular flexibility index (Phi) is 4.34. The largest absolute Gasteiger partial charge is 0.475 e. The van der Waals surface area contributed by atoms with Gasteiger partial charge in [-0.05, 0) is 6.07 Å². The lowest BCUT2D eigenvalue weighted by Crippen LogP contribution is -2.00. The van der Waals surface area contributed by atoms with E-state index in [9.17, 15) is 14.9 Å². The number of aromatic nitrogens is 1. The van der Waals surface area contributed by atoms with E-state index in [1.165, 1.54) is 19.2 Å². The van der Waals surface area contributed by atoms with Crippen molar-refractivity contribution in [2.24, 2.45) is 0 Å². The average molecular weight is 357 g/mol. The van der Waals surface area contributed by atoms with Gasteiger partial charge in [0.2, 0.25) is 11.7 Å². The fourth-order valence-corrected chi connectivity index (χ4v) is 2.16. The molecule has 0 fully saturated rings. The molecule has 0 aliphatic heterocycles. The number of benzene rings is 1. The van der Waals surface area contributed by atoms with E-state index in [4.69, 9.17) is 14.3 Å². The summed E-state index contributed by atoms with van der Waals surface area (Å²) in [4.78, 5) is 25.4. The number of aromatic carboxylic acids is 1. The molecule has 0 aliphatic rings. The van der Waals surface area contributed by atoms with Gasteiger partial charge in [-0.3, -0.25) is 10.1 Å². The van der Waals surface area contributed by atoms with Gasteiger partial charge in [-0.1, -0.05) is 15.9 Å². The van der Waals surface area contributed by atoms with Crippen LogP contribution in [-0.4, -0.2) is 28.1 Å². The van der Waals surface area contributed by atoms with E-state index in [1.807, 2.05) is 0 Å². The number of carbonyl (C=O) groups is 1. The molecule has 0 saturated heterocycles. The van der Waals surface area contributed by atoms with Gasteiger partial charge in [-0.2, -0.15) is 0 Å². The molecule has 2 rings (SSSR count). The summed E-state index contributed by atoms with van der Waals surface area (Å²) in [6, 6.07) is 4.11. The second-order valence-electron chi connectivity index (χ2n) is 3.99. The number of nitrogens with zero attached hydrogens (tertiary/aromatic N) is 2. The standard InChI is InChI=1S/C12H9BrN2O6/c1-20-5-9-10(12(16)17)21-11(14-9)6-2-7(13)4-8(3-6)15(18)19/h2-4H,5H2,1H3,(H,16,17). The number of non-ortho nitro benzene ring substituents is 1. The molecule has 2 aromatic rings. The van der Waals surface area contributed by atoms with Crippen LogP contribution in [0.2, 0.25) is 0 Å². The topological polar surface area (TPSA) is 116 Å². The summed E-state index contributed by atoms with van der Waals surface area (Å²) in [5.74, 6) is -1.66. The number of nitro groups is 1. The first-order valence-electron chi connectivity index (χ1n) is 5.59. The number of ether oxygens (including phenoxy) is 1. The summed E-state index contributed by atoms with van der Waals surface area (Å²) in [5, 5.41) is 19.9. The van der Waals surface area contributed by atoms with Crippen LogP contribution in [0.5, 0.6) is 0 Å². The third kappa shape index (κ3) is 3.26. The molecule has 21 heavy (non-hydrogen) atoms. The van der Waals surface area contributed by atoms with Gasteiger partial charge in [0.05, 0.1) is 11.5 Å². The van der Waals surface area contributed by atoms with Crippen LogP contribution < -0.4 is 0 Å². The van der Waals surface area contributed by atoms with Crippen molar-refractivity contribution in [3.05, 3.63) is 44.2 Å². The Labute approximate surface area is 126 Å². The summed E-state index contributed by atoms with van der Waals surface area (Å²) in [5.41, 5.74) is 0.242. The maximum atomic E-state index is 11.1. The average Bonchev–Trinajstić information content (AvgIpc) is 2.82. The third-order valence-corrected chi connectivity index (χ3v) is 2.97. The van der Waals surface area contributed by atoms with Crippen LogP contribution in [0.3, 0.4) is 0 Å². The number of halogens is 1. The van der Waals surface area contributed by atoms with Crippen molar-refractivity contribution in [3.8, 4) is 11.5 Å². The molecule has 1 heterocycles. The van der Waals surface area contributed by atoms with E-state index in [0.717, 1.165) is 0 Å². The fraction of sp³-hybridized carbons (Fsp3) is 0.167. The molecule has 0 aliphatic carbocycles. The van der Waals surface area contributed by atoms with Crippen molar-refractivity contribution in [1.82, 2.24) is 4.98 Å². The fourth-order valence-electron chi connectivity index (χ4n) is 1.68. The van der Waals surface area contributed by atoms with Crippen molar-refractivity contribution in [3.63, 3.8) is 0 Å².